The molecular formula is C14H17IN2O2. The van der Waals surface area contributed by atoms with Crippen LogP contribution < -0.4 is 5.32 Å². The van der Waals surface area contributed by atoms with Gasteiger partial charge in [-0.05, 0) is 53.6 Å². The Hall–Kier alpha value is -1.11. The molecule has 0 spiro atoms. The summed E-state index contributed by atoms with van der Waals surface area (Å²) < 4.78 is 1.07. The van der Waals surface area contributed by atoms with Gasteiger partial charge in [0.2, 0.25) is 11.8 Å². The van der Waals surface area contributed by atoms with Crippen molar-refractivity contribution in [2.75, 3.05) is 18.4 Å². The number of anilines is 1. The highest BCUT2D eigenvalue weighted by molar-refractivity contribution is 14.1. The molecule has 0 unspecified atom stereocenters. The van der Waals surface area contributed by atoms with Crippen molar-refractivity contribution >= 4 is 40.1 Å². The number of nitrogens with one attached hydrogen (secondary N) is 1. The zero-order chi connectivity index (χ0) is 13.7. The summed E-state index contributed by atoms with van der Waals surface area (Å²) in [5.74, 6) is -0.0347. The summed E-state index contributed by atoms with van der Waals surface area (Å²) in [5, 5.41) is 2.83. The number of hydrogen-bond donors (Lipinski definition) is 1. The molecule has 0 radical (unpaired) electrons. The molecule has 102 valence electrons. The van der Waals surface area contributed by atoms with Crippen molar-refractivity contribution < 1.29 is 9.59 Å². The number of hydrogen-bond acceptors (Lipinski definition) is 2. The number of carbonyl (C=O) groups excluding carboxylic acids is 2. The van der Waals surface area contributed by atoms with E-state index in [1.807, 2.05) is 24.3 Å². The third-order valence-electron chi connectivity index (χ3n) is 3.11. The maximum atomic E-state index is 11.9. The van der Waals surface area contributed by atoms with Crippen LogP contribution in [0.3, 0.4) is 0 Å². The highest BCUT2D eigenvalue weighted by atomic mass is 127. The molecule has 4 nitrogen and oxygen atoms in total. The summed E-state index contributed by atoms with van der Waals surface area (Å²) in [6.07, 6.45) is 3.56. The Bertz CT molecular complexity index is 476. The molecule has 19 heavy (non-hydrogen) atoms. The third-order valence-corrected chi connectivity index (χ3v) is 3.79. The lowest BCUT2D eigenvalue weighted by atomic mass is 10.2. The second-order valence-electron chi connectivity index (χ2n) is 4.68. The minimum absolute atomic E-state index is 0.0929. The minimum Gasteiger partial charge on any atom is -0.333 e. The number of amides is 2. The standard InChI is InChI=1S/C14H17IN2O2/c15-11-5-4-6-12(9-11)16-13(18)10-17-8-3-1-2-7-14(17)19/h4-6,9H,1-3,7-8,10H2,(H,16,18). The van der Waals surface area contributed by atoms with E-state index in [9.17, 15) is 9.59 Å². The molecule has 1 saturated heterocycles. The molecule has 5 heteroatoms. The largest absolute Gasteiger partial charge is 0.333 e. The molecule has 1 aromatic carbocycles. The lowest BCUT2D eigenvalue weighted by molar-refractivity contribution is -0.134. The molecule has 1 aliphatic rings. The van der Waals surface area contributed by atoms with Crippen molar-refractivity contribution in [1.82, 2.24) is 4.90 Å². The molecule has 0 saturated carbocycles. The van der Waals surface area contributed by atoms with Crippen LogP contribution in [-0.2, 0) is 9.59 Å². The van der Waals surface area contributed by atoms with E-state index in [0.29, 0.717) is 13.0 Å². The molecule has 2 rings (SSSR count). The molecule has 0 aliphatic carbocycles. The van der Waals surface area contributed by atoms with Gasteiger partial charge in [0.1, 0.15) is 0 Å². The predicted molar refractivity (Wildman–Crippen MR) is 82.8 cm³/mol. The van der Waals surface area contributed by atoms with Crippen molar-refractivity contribution in [3.8, 4) is 0 Å². The SMILES string of the molecule is O=C(CN1CCCCCC1=O)Nc1cccc(I)c1. The van der Waals surface area contributed by atoms with E-state index in [-0.39, 0.29) is 18.4 Å². The van der Waals surface area contributed by atoms with Crippen LogP contribution in [0, 0.1) is 3.57 Å². The van der Waals surface area contributed by atoms with Crippen LogP contribution >= 0.6 is 22.6 Å². The van der Waals surface area contributed by atoms with Crippen LogP contribution in [0.2, 0.25) is 0 Å². The van der Waals surface area contributed by atoms with Gasteiger partial charge in [-0.25, -0.2) is 0 Å². The van der Waals surface area contributed by atoms with E-state index < -0.39 is 0 Å². The monoisotopic (exact) mass is 372 g/mol. The predicted octanol–water partition coefficient (Wildman–Crippen LogP) is 2.63. The number of nitrogens with zero attached hydrogens (tertiary/aromatic N) is 1. The lowest BCUT2D eigenvalue weighted by Gasteiger charge is -2.19. The third kappa shape index (κ3) is 4.49. The van der Waals surface area contributed by atoms with Crippen LogP contribution in [-0.4, -0.2) is 29.8 Å². The van der Waals surface area contributed by atoms with Gasteiger partial charge in [0.25, 0.3) is 0 Å². The maximum Gasteiger partial charge on any atom is 0.243 e. The molecule has 1 aliphatic heterocycles. The number of carbonyl (C=O) groups is 2. The van der Waals surface area contributed by atoms with Gasteiger partial charge in [0.15, 0.2) is 0 Å². The first-order valence-corrected chi connectivity index (χ1v) is 7.56. The molecular weight excluding hydrogens is 355 g/mol. The summed E-state index contributed by atoms with van der Waals surface area (Å²) in [4.78, 5) is 25.4. The quantitative estimate of drug-likeness (QED) is 0.830. The lowest BCUT2D eigenvalue weighted by Crippen LogP contribution is -2.37. The van der Waals surface area contributed by atoms with Crippen molar-refractivity contribution in [2.24, 2.45) is 0 Å². The van der Waals surface area contributed by atoms with E-state index in [4.69, 9.17) is 0 Å². The minimum atomic E-state index is -0.128. The highest BCUT2D eigenvalue weighted by Gasteiger charge is 2.19. The van der Waals surface area contributed by atoms with Gasteiger partial charge in [-0.15, -0.1) is 0 Å². The topological polar surface area (TPSA) is 49.4 Å². The van der Waals surface area contributed by atoms with Crippen LogP contribution in [0.15, 0.2) is 24.3 Å². The Morgan fingerprint density at radius 2 is 2.16 bits per heavy atom. The average Bonchev–Trinajstić information content (AvgIpc) is 2.55. The molecule has 1 aromatic rings. The average molecular weight is 372 g/mol. The Labute approximate surface area is 126 Å². The number of halogens is 1. The number of likely N-dealkylation sites (tertiary alicyclic amines) is 1. The van der Waals surface area contributed by atoms with Crippen molar-refractivity contribution in [1.29, 1.82) is 0 Å². The first-order valence-electron chi connectivity index (χ1n) is 6.48. The second-order valence-corrected chi connectivity index (χ2v) is 5.93. The smallest absolute Gasteiger partial charge is 0.243 e. The normalized spacial score (nSPS) is 16.1. The summed E-state index contributed by atoms with van der Waals surface area (Å²) >= 11 is 2.20. The van der Waals surface area contributed by atoms with E-state index >= 15 is 0 Å². The molecule has 2 amide bonds. The summed E-state index contributed by atoms with van der Waals surface area (Å²) in [5.41, 5.74) is 0.777. The first kappa shape index (κ1) is 14.3. The van der Waals surface area contributed by atoms with Crippen LogP contribution in [0.4, 0.5) is 5.69 Å². The van der Waals surface area contributed by atoms with Crippen LogP contribution in [0.1, 0.15) is 25.7 Å². The number of benzene rings is 1. The first-order chi connectivity index (χ1) is 9.15. The van der Waals surface area contributed by atoms with E-state index in [1.165, 1.54) is 0 Å². The van der Waals surface area contributed by atoms with Gasteiger partial charge >= 0.3 is 0 Å². The van der Waals surface area contributed by atoms with Gasteiger partial charge in [0.05, 0.1) is 6.54 Å². The molecule has 1 heterocycles. The maximum absolute atomic E-state index is 11.9. The molecule has 1 N–H and O–H groups in total. The van der Waals surface area contributed by atoms with Crippen LogP contribution in [0.25, 0.3) is 0 Å². The zero-order valence-corrected chi connectivity index (χ0v) is 12.9. The Balaban J connectivity index is 1.91. The molecule has 0 bridgehead atoms. The molecule has 1 fully saturated rings. The van der Waals surface area contributed by atoms with Gasteiger partial charge in [0, 0.05) is 22.2 Å². The summed E-state index contributed by atoms with van der Waals surface area (Å²) in [6.45, 7) is 0.850. The fraction of sp³-hybridized carbons (Fsp3) is 0.429. The van der Waals surface area contributed by atoms with Gasteiger partial charge in [-0.2, -0.15) is 0 Å². The van der Waals surface area contributed by atoms with Gasteiger partial charge in [-0.3, -0.25) is 9.59 Å². The number of rotatable bonds is 3. The second kappa shape index (κ2) is 6.88. The Morgan fingerprint density at radius 1 is 1.32 bits per heavy atom. The Kier molecular flexibility index (Phi) is 5.18. The highest BCUT2D eigenvalue weighted by Crippen LogP contribution is 2.14. The molecule has 0 aromatic heterocycles. The van der Waals surface area contributed by atoms with E-state index in [1.54, 1.807) is 4.90 Å². The summed E-state index contributed by atoms with van der Waals surface area (Å²) in [6, 6.07) is 7.62. The van der Waals surface area contributed by atoms with Crippen molar-refractivity contribution in [3.63, 3.8) is 0 Å². The summed E-state index contributed by atoms with van der Waals surface area (Å²) in [7, 11) is 0. The Morgan fingerprint density at radius 3 is 2.95 bits per heavy atom. The van der Waals surface area contributed by atoms with Crippen molar-refractivity contribution in [3.05, 3.63) is 27.8 Å². The fourth-order valence-corrected chi connectivity index (χ4v) is 2.69. The zero-order valence-electron chi connectivity index (χ0n) is 10.7. The van der Waals surface area contributed by atoms with Gasteiger partial charge < -0.3 is 10.2 Å². The van der Waals surface area contributed by atoms with E-state index in [0.717, 1.165) is 28.5 Å². The van der Waals surface area contributed by atoms with Gasteiger partial charge in [-0.1, -0.05) is 12.5 Å². The molecule has 0 atom stereocenters. The van der Waals surface area contributed by atoms with E-state index in [2.05, 4.69) is 27.9 Å². The van der Waals surface area contributed by atoms with Crippen LogP contribution in [0.5, 0.6) is 0 Å². The van der Waals surface area contributed by atoms with Crippen molar-refractivity contribution in [2.45, 2.75) is 25.7 Å². The fourth-order valence-electron chi connectivity index (χ4n) is 2.15.